The molecule has 0 atom stereocenters. The van der Waals surface area contributed by atoms with E-state index in [0.717, 1.165) is 5.69 Å². The smallest absolute Gasteiger partial charge is 0.149 e. The zero-order valence-electron chi connectivity index (χ0n) is 8.56. The van der Waals surface area contributed by atoms with Crippen LogP contribution in [0.4, 0.5) is 10.1 Å². The van der Waals surface area contributed by atoms with E-state index in [1.54, 1.807) is 12.3 Å². The van der Waals surface area contributed by atoms with Gasteiger partial charge >= 0.3 is 0 Å². The molecule has 2 N–H and O–H groups in total. The monoisotopic (exact) mass is 218 g/mol. The number of nitrogen functional groups attached to an aromatic ring is 1. The average molecular weight is 218 g/mol. The summed E-state index contributed by atoms with van der Waals surface area (Å²) < 4.78 is 18.5. The molecule has 0 fully saturated rings. The summed E-state index contributed by atoms with van der Waals surface area (Å²) in [6, 6.07) is 9.90. The Balaban J connectivity index is 2.03. The molecule has 0 saturated carbocycles. The number of nitrogens with zero attached hydrogens (tertiary/aromatic N) is 1. The van der Waals surface area contributed by atoms with Crippen LogP contribution in [-0.4, -0.2) is 4.98 Å². The molecule has 1 aromatic carbocycles. The highest BCUT2D eigenvalue weighted by Crippen LogP contribution is 2.18. The van der Waals surface area contributed by atoms with E-state index in [9.17, 15) is 4.39 Å². The Labute approximate surface area is 92.7 Å². The van der Waals surface area contributed by atoms with Gasteiger partial charge in [-0.15, -0.1) is 0 Å². The molecule has 0 saturated heterocycles. The van der Waals surface area contributed by atoms with Crippen molar-refractivity contribution in [2.75, 3.05) is 5.73 Å². The third-order valence-electron chi connectivity index (χ3n) is 2.08. The van der Waals surface area contributed by atoms with Gasteiger partial charge in [-0.25, -0.2) is 4.39 Å². The number of ether oxygens (including phenoxy) is 1. The minimum Gasteiger partial charge on any atom is -0.487 e. The van der Waals surface area contributed by atoms with E-state index in [0.29, 0.717) is 12.4 Å². The van der Waals surface area contributed by atoms with Crippen LogP contribution < -0.4 is 10.5 Å². The number of pyridine rings is 1. The van der Waals surface area contributed by atoms with E-state index in [-0.39, 0.29) is 5.69 Å². The van der Waals surface area contributed by atoms with Crippen LogP contribution in [0.5, 0.6) is 5.75 Å². The van der Waals surface area contributed by atoms with Gasteiger partial charge in [0.2, 0.25) is 0 Å². The van der Waals surface area contributed by atoms with Crippen LogP contribution >= 0.6 is 0 Å². The summed E-state index contributed by atoms with van der Waals surface area (Å²) in [5.74, 6) is -0.0316. The number of benzene rings is 1. The first-order chi connectivity index (χ1) is 7.75. The molecule has 0 aliphatic rings. The number of hydrogen-bond acceptors (Lipinski definition) is 3. The number of halogens is 1. The molecular weight excluding hydrogens is 207 g/mol. The molecule has 0 bridgehead atoms. The molecule has 0 radical (unpaired) electrons. The van der Waals surface area contributed by atoms with Crippen LogP contribution in [0.15, 0.2) is 42.6 Å². The molecule has 0 amide bonds. The Bertz CT molecular complexity index is 474. The lowest BCUT2D eigenvalue weighted by Gasteiger charge is -2.06. The van der Waals surface area contributed by atoms with Gasteiger partial charge in [0.05, 0.1) is 11.4 Å². The number of anilines is 1. The Morgan fingerprint density at radius 1 is 1.25 bits per heavy atom. The zero-order chi connectivity index (χ0) is 11.4. The minimum atomic E-state index is -0.474. The maximum absolute atomic E-state index is 13.1. The van der Waals surface area contributed by atoms with E-state index in [2.05, 4.69) is 4.98 Å². The lowest BCUT2D eigenvalue weighted by atomic mass is 10.3. The lowest BCUT2D eigenvalue weighted by Crippen LogP contribution is -1.98. The molecule has 0 spiro atoms. The van der Waals surface area contributed by atoms with Crippen LogP contribution in [-0.2, 0) is 6.61 Å². The van der Waals surface area contributed by atoms with Crippen LogP contribution in [0.1, 0.15) is 5.69 Å². The molecule has 2 rings (SSSR count). The summed E-state index contributed by atoms with van der Waals surface area (Å²) in [6.45, 7) is 0.310. The summed E-state index contributed by atoms with van der Waals surface area (Å²) in [4.78, 5) is 4.09. The second kappa shape index (κ2) is 4.61. The van der Waals surface area contributed by atoms with E-state index < -0.39 is 5.82 Å². The Morgan fingerprint density at radius 2 is 2.12 bits per heavy atom. The highest BCUT2D eigenvalue weighted by molar-refractivity contribution is 5.43. The normalized spacial score (nSPS) is 10.1. The predicted octanol–water partition coefficient (Wildman–Crippen LogP) is 2.38. The fraction of sp³-hybridized carbons (Fsp3) is 0.0833. The standard InChI is InChI=1S/C12H11FN2O/c13-11-7-10(4-5-12(11)14)16-8-9-3-1-2-6-15-9/h1-7H,8,14H2. The van der Waals surface area contributed by atoms with Gasteiger partial charge in [-0.1, -0.05) is 6.07 Å². The molecule has 2 aromatic rings. The molecular formula is C12H11FN2O. The number of hydrogen-bond donors (Lipinski definition) is 1. The van der Waals surface area contributed by atoms with Crippen molar-refractivity contribution in [1.29, 1.82) is 0 Å². The quantitative estimate of drug-likeness (QED) is 0.804. The van der Waals surface area contributed by atoms with Crippen molar-refractivity contribution in [1.82, 2.24) is 4.98 Å². The summed E-state index contributed by atoms with van der Waals surface area (Å²) in [7, 11) is 0. The van der Waals surface area contributed by atoms with Gasteiger partial charge in [-0.2, -0.15) is 0 Å². The molecule has 16 heavy (non-hydrogen) atoms. The first kappa shape index (κ1) is 10.4. The molecule has 82 valence electrons. The molecule has 0 aliphatic carbocycles. The summed E-state index contributed by atoms with van der Waals surface area (Å²) in [5, 5.41) is 0. The maximum Gasteiger partial charge on any atom is 0.149 e. The first-order valence-corrected chi connectivity index (χ1v) is 4.83. The lowest BCUT2D eigenvalue weighted by molar-refractivity contribution is 0.300. The molecule has 1 heterocycles. The van der Waals surface area contributed by atoms with Crippen molar-refractivity contribution >= 4 is 5.69 Å². The fourth-order valence-electron chi connectivity index (χ4n) is 1.24. The van der Waals surface area contributed by atoms with Gasteiger partial charge in [-0.05, 0) is 24.3 Å². The molecule has 1 aromatic heterocycles. The van der Waals surface area contributed by atoms with Crippen molar-refractivity contribution in [2.24, 2.45) is 0 Å². The van der Waals surface area contributed by atoms with Gasteiger partial charge in [0.1, 0.15) is 18.2 Å². The molecule has 4 heteroatoms. The highest BCUT2D eigenvalue weighted by atomic mass is 19.1. The third kappa shape index (κ3) is 2.48. The van der Waals surface area contributed by atoms with Crippen LogP contribution in [0.3, 0.4) is 0 Å². The SMILES string of the molecule is Nc1ccc(OCc2ccccn2)cc1F. The first-order valence-electron chi connectivity index (χ1n) is 4.83. The van der Waals surface area contributed by atoms with Crippen LogP contribution in [0, 0.1) is 5.82 Å². The number of nitrogens with two attached hydrogens (primary N) is 1. The molecule has 0 aliphatic heterocycles. The van der Waals surface area contributed by atoms with Crippen molar-refractivity contribution < 1.29 is 9.13 Å². The fourth-order valence-corrected chi connectivity index (χ4v) is 1.24. The van der Waals surface area contributed by atoms with Crippen molar-refractivity contribution in [2.45, 2.75) is 6.61 Å². The molecule has 0 unspecified atom stereocenters. The number of aromatic nitrogens is 1. The van der Waals surface area contributed by atoms with Gasteiger partial charge in [0.15, 0.2) is 0 Å². The van der Waals surface area contributed by atoms with Crippen LogP contribution in [0.2, 0.25) is 0 Å². The largest absolute Gasteiger partial charge is 0.487 e. The Kier molecular flexibility index (Phi) is 3.00. The van der Waals surface area contributed by atoms with E-state index >= 15 is 0 Å². The van der Waals surface area contributed by atoms with Crippen molar-refractivity contribution in [3.8, 4) is 5.75 Å². The maximum atomic E-state index is 13.1. The minimum absolute atomic E-state index is 0.116. The van der Waals surface area contributed by atoms with Gasteiger partial charge in [-0.3, -0.25) is 4.98 Å². The topological polar surface area (TPSA) is 48.1 Å². The van der Waals surface area contributed by atoms with E-state index in [4.69, 9.17) is 10.5 Å². The van der Waals surface area contributed by atoms with Crippen LogP contribution in [0.25, 0.3) is 0 Å². The summed E-state index contributed by atoms with van der Waals surface area (Å²) in [5.41, 5.74) is 6.26. The summed E-state index contributed by atoms with van der Waals surface area (Å²) >= 11 is 0. The summed E-state index contributed by atoms with van der Waals surface area (Å²) in [6.07, 6.45) is 1.68. The van der Waals surface area contributed by atoms with E-state index in [1.807, 2.05) is 18.2 Å². The number of rotatable bonds is 3. The second-order valence-corrected chi connectivity index (χ2v) is 3.29. The average Bonchev–Trinajstić information content (AvgIpc) is 2.32. The Morgan fingerprint density at radius 3 is 2.81 bits per heavy atom. The molecule has 3 nitrogen and oxygen atoms in total. The Hall–Kier alpha value is -2.10. The zero-order valence-corrected chi connectivity index (χ0v) is 8.56. The van der Waals surface area contributed by atoms with Gasteiger partial charge in [0.25, 0.3) is 0 Å². The van der Waals surface area contributed by atoms with Crippen molar-refractivity contribution in [3.05, 3.63) is 54.1 Å². The third-order valence-corrected chi connectivity index (χ3v) is 2.08. The van der Waals surface area contributed by atoms with Crippen molar-refractivity contribution in [3.63, 3.8) is 0 Å². The second-order valence-electron chi connectivity index (χ2n) is 3.29. The highest BCUT2D eigenvalue weighted by Gasteiger charge is 2.01. The van der Waals surface area contributed by atoms with Gasteiger partial charge in [0, 0.05) is 12.3 Å². The van der Waals surface area contributed by atoms with E-state index in [1.165, 1.54) is 12.1 Å². The van der Waals surface area contributed by atoms with Gasteiger partial charge < -0.3 is 10.5 Å². The predicted molar refractivity (Wildman–Crippen MR) is 59.4 cm³/mol.